The number of hydrogen-bond acceptors (Lipinski definition) is 4. The molecule has 42 heavy (non-hydrogen) atoms. The molecule has 0 spiro atoms. The van der Waals surface area contributed by atoms with Crippen LogP contribution in [0.5, 0.6) is 11.5 Å². The molecule has 6 rings (SSSR count). The summed E-state index contributed by atoms with van der Waals surface area (Å²) in [4.78, 5) is 9.06. The lowest BCUT2D eigenvalue weighted by Gasteiger charge is -2.28. The van der Waals surface area contributed by atoms with Crippen molar-refractivity contribution < 1.29 is 4.74 Å². The van der Waals surface area contributed by atoms with Gasteiger partial charge in [0.2, 0.25) is 0 Å². The Hall–Kier alpha value is -4.62. The van der Waals surface area contributed by atoms with Crippen molar-refractivity contribution >= 4 is 28.7 Å². The molecule has 3 heterocycles. The quantitative estimate of drug-likeness (QED) is 0.200. The molecule has 6 nitrogen and oxygen atoms in total. The maximum atomic E-state index is 6.11. The first-order valence-electron chi connectivity index (χ1n) is 14.1. The van der Waals surface area contributed by atoms with Gasteiger partial charge >= 0.3 is 0 Å². The lowest BCUT2D eigenvalue weighted by atomic mass is 9.96. The highest BCUT2D eigenvalue weighted by Gasteiger charge is 2.42. The third-order valence-corrected chi connectivity index (χ3v) is 8.20. The van der Waals surface area contributed by atoms with Gasteiger partial charge in [0, 0.05) is 48.7 Å². The molecule has 0 unspecified atom stereocenters. The second-order valence-corrected chi connectivity index (χ2v) is 11.4. The molecule has 212 valence electrons. The van der Waals surface area contributed by atoms with E-state index in [0.29, 0.717) is 5.11 Å². The summed E-state index contributed by atoms with van der Waals surface area (Å²) in [6.45, 7) is 6.42. The number of rotatable bonds is 7. The van der Waals surface area contributed by atoms with Gasteiger partial charge in [-0.1, -0.05) is 23.8 Å². The molecule has 1 aliphatic rings. The van der Waals surface area contributed by atoms with Gasteiger partial charge in [-0.3, -0.25) is 4.98 Å². The van der Waals surface area contributed by atoms with Crippen LogP contribution in [0.4, 0.5) is 11.4 Å². The van der Waals surface area contributed by atoms with E-state index in [1.165, 1.54) is 28.2 Å². The van der Waals surface area contributed by atoms with Crippen LogP contribution in [0.15, 0.2) is 103 Å². The van der Waals surface area contributed by atoms with Crippen LogP contribution in [0.2, 0.25) is 0 Å². The Bertz CT molecular complexity index is 1690. The van der Waals surface area contributed by atoms with Gasteiger partial charge in [-0.2, -0.15) is 0 Å². The average Bonchev–Trinajstić information content (AvgIpc) is 3.49. The molecule has 1 fully saturated rings. The topological polar surface area (TPSA) is 45.6 Å². The van der Waals surface area contributed by atoms with Crippen LogP contribution in [0, 0.1) is 20.8 Å². The monoisotopic (exact) mass is 573 g/mol. The fourth-order valence-electron chi connectivity index (χ4n) is 5.75. The van der Waals surface area contributed by atoms with Crippen molar-refractivity contribution in [2.75, 3.05) is 23.9 Å². The summed E-state index contributed by atoms with van der Waals surface area (Å²) in [5, 5.41) is 4.26. The van der Waals surface area contributed by atoms with Gasteiger partial charge in [0.05, 0.1) is 17.8 Å². The number of aryl methyl sites for hydroxylation is 2. The lowest BCUT2D eigenvalue weighted by molar-refractivity contribution is 0.482. The minimum atomic E-state index is -0.118. The van der Waals surface area contributed by atoms with Crippen molar-refractivity contribution in [3.63, 3.8) is 0 Å². The third kappa shape index (κ3) is 5.23. The number of aromatic nitrogens is 2. The molecule has 1 N–H and O–H groups in total. The molecular weight excluding hydrogens is 538 g/mol. The normalized spacial score (nSPS) is 16.4. The van der Waals surface area contributed by atoms with Crippen LogP contribution < -0.4 is 19.9 Å². The van der Waals surface area contributed by atoms with Crippen LogP contribution in [0.3, 0.4) is 0 Å². The Labute approximate surface area is 253 Å². The van der Waals surface area contributed by atoms with E-state index in [2.05, 4.69) is 103 Å². The van der Waals surface area contributed by atoms with Crippen molar-refractivity contribution in [3.05, 3.63) is 131 Å². The molecule has 1 aliphatic heterocycles. The fraction of sp³-hybridized carbons (Fsp3) is 0.200. The highest BCUT2D eigenvalue weighted by molar-refractivity contribution is 7.80. The van der Waals surface area contributed by atoms with Gasteiger partial charge in [0.1, 0.15) is 11.5 Å². The van der Waals surface area contributed by atoms with Crippen LogP contribution >= 0.6 is 12.2 Å². The Balaban J connectivity index is 1.39. The molecule has 3 aromatic carbocycles. The fourth-order valence-corrected chi connectivity index (χ4v) is 6.10. The molecule has 0 bridgehead atoms. The molecule has 2 aromatic heterocycles. The number of anilines is 2. The molecule has 5 aromatic rings. The zero-order chi connectivity index (χ0) is 29.4. The minimum absolute atomic E-state index is 0.0998. The predicted octanol–water partition coefficient (Wildman–Crippen LogP) is 7.83. The second kappa shape index (κ2) is 11.3. The van der Waals surface area contributed by atoms with E-state index in [1.54, 1.807) is 0 Å². The van der Waals surface area contributed by atoms with E-state index in [1.807, 2.05) is 54.7 Å². The first kappa shape index (κ1) is 27.5. The van der Waals surface area contributed by atoms with Crippen molar-refractivity contribution in [1.82, 2.24) is 14.9 Å². The van der Waals surface area contributed by atoms with Crippen molar-refractivity contribution in [2.24, 2.45) is 0 Å². The van der Waals surface area contributed by atoms with E-state index >= 15 is 0 Å². The summed E-state index contributed by atoms with van der Waals surface area (Å²) in [6, 6.07) is 33.0. The highest BCUT2D eigenvalue weighted by atomic mass is 32.1. The summed E-state index contributed by atoms with van der Waals surface area (Å²) in [5.41, 5.74) is 8.99. The number of nitrogens with zero attached hydrogens (tertiary/aromatic N) is 4. The Morgan fingerprint density at radius 3 is 2.07 bits per heavy atom. The first-order valence-corrected chi connectivity index (χ1v) is 14.5. The third-order valence-electron chi connectivity index (χ3n) is 7.88. The SMILES string of the molecule is Cc1ccc(Oc2ccc(N3C(=S)N[C@@H](c4ccccn4)[C@@H]3c3cc(C)n(-c4ccc(N(C)C)cc4)c3C)cc2)cc1. The molecule has 7 heteroatoms. The van der Waals surface area contributed by atoms with E-state index in [4.69, 9.17) is 21.9 Å². The minimum Gasteiger partial charge on any atom is -0.457 e. The van der Waals surface area contributed by atoms with Crippen LogP contribution in [0.1, 0.15) is 40.3 Å². The van der Waals surface area contributed by atoms with E-state index in [-0.39, 0.29) is 12.1 Å². The lowest BCUT2D eigenvalue weighted by Crippen LogP contribution is -2.29. The van der Waals surface area contributed by atoms with E-state index in [0.717, 1.165) is 28.6 Å². The molecule has 0 saturated carbocycles. The van der Waals surface area contributed by atoms with Crippen LogP contribution in [-0.4, -0.2) is 28.8 Å². The number of nitrogens with one attached hydrogen (secondary N) is 1. The standard InChI is InChI=1S/C35H35N5OS/c1-23-9-17-29(18-10-23)41-30-19-15-28(16-20-30)40-34(33(37-35(40)42)32-8-6-7-21-36-32)31-22-24(2)39(25(31)3)27-13-11-26(12-14-27)38(4)5/h6-22,33-34H,1-5H3,(H,37,42)/t33-,34-/m0/s1. The summed E-state index contributed by atoms with van der Waals surface area (Å²) < 4.78 is 8.43. The van der Waals surface area contributed by atoms with Crippen LogP contribution in [0.25, 0.3) is 5.69 Å². The molecule has 0 amide bonds. The van der Waals surface area contributed by atoms with Crippen LogP contribution in [-0.2, 0) is 0 Å². The zero-order valence-corrected chi connectivity index (χ0v) is 25.4. The number of pyridine rings is 1. The van der Waals surface area contributed by atoms with E-state index in [9.17, 15) is 0 Å². The van der Waals surface area contributed by atoms with Gasteiger partial charge in [-0.15, -0.1) is 0 Å². The maximum absolute atomic E-state index is 6.11. The van der Waals surface area contributed by atoms with Gasteiger partial charge < -0.3 is 24.4 Å². The number of benzene rings is 3. The molecule has 0 aliphatic carbocycles. The van der Waals surface area contributed by atoms with E-state index < -0.39 is 0 Å². The number of hydrogen-bond donors (Lipinski definition) is 1. The summed E-state index contributed by atoms with van der Waals surface area (Å²) in [7, 11) is 4.12. The van der Waals surface area contributed by atoms with Gasteiger partial charge in [0.25, 0.3) is 0 Å². The van der Waals surface area contributed by atoms with Gasteiger partial charge in [0.15, 0.2) is 5.11 Å². The summed E-state index contributed by atoms with van der Waals surface area (Å²) >= 11 is 5.99. The van der Waals surface area contributed by atoms with Crippen molar-refractivity contribution in [3.8, 4) is 17.2 Å². The summed E-state index contributed by atoms with van der Waals surface area (Å²) in [5.74, 6) is 1.59. The Morgan fingerprint density at radius 1 is 0.810 bits per heavy atom. The molecule has 1 saturated heterocycles. The molecular formula is C35H35N5OS. The second-order valence-electron chi connectivity index (χ2n) is 11.0. The van der Waals surface area contributed by atoms with Gasteiger partial charge in [-0.25, -0.2) is 0 Å². The smallest absolute Gasteiger partial charge is 0.174 e. The summed E-state index contributed by atoms with van der Waals surface area (Å²) in [6.07, 6.45) is 1.84. The Morgan fingerprint density at radius 2 is 1.45 bits per heavy atom. The predicted molar refractivity (Wildman–Crippen MR) is 175 cm³/mol. The highest BCUT2D eigenvalue weighted by Crippen LogP contribution is 2.44. The average molecular weight is 574 g/mol. The zero-order valence-electron chi connectivity index (χ0n) is 24.6. The van der Waals surface area contributed by atoms with Crippen molar-refractivity contribution in [1.29, 1.82) is 0 Å². The van der Waals surface area contributed by atoms with Crippen molar-refractivity contribution in [2.45, 2.75) is 32.9 Å². The number of ether oxygens (including phenoxy) is 1. The first-order chi connectivity index (χ1) is 20.3. The number of thiocarbonyl (C=S) groups is 1. The molecule has 2 atom stereocenters. The maximum Gasteiger partial charge on any atom is 0.174 e. The van der Waals surface area contributed by atoms with Gasteiger partial charge in [-0.05, 0) is 117 Å². The molecule has 0 radical (unpaired) electrons. The largest absolute Gasteiger partial charge is 0.457 e. The Kier molecular flexibility index (Phi) is 7.43.